The third-order valence-electron chi connectivity index (χ3n) is 5.08. The number of ether oxygens (including phenoxy) is 2. The minimum Gasteiger partial charge on any atom is -0.491 e. The van der Waals surface area contributed by atoms with Crippen molar-refractivity contribution >= 4 is 22.6 Å². The van der Waals surface area contributed by atoms with Gasteiger partial charge in [-0.25, -0.2) is 4.98 Å². The first kappa shape index (κ1) is 21.0. The van der Waals surface area contributed by atoms with Crippen molar-refractivity contribution in [3.8, 4) is 11.5 Å². The molecule has 3 aromatic carbocycles. The van der Waals surface area contributed by atoms with Gasteiger partial charge in [0, 0.05) is 5.02 Å². The van der Waals surface area contributed by atoms with Crippen LogP contribution in [-0.4, -0.2) is 16.2 Å². The molecule has 0 N–H and O–H groups in total. The zero-order chi connectivity index (χ0) is 21.6. The third-order valence-corrected chi connectivity index (χ3v) is 5.34. The van der Waals surface area contributed by atoms with E-state index in [1.807, 2.05) is 73.7 Å². The van der Waals surface area contributed by atoms with Gasteiger partial charge in [-0.2, -0.15) is 0 Å². The lowest BCUT2D eigenvalue weighted by Gasteiger charge is -2.17. The fraction of sp³-hybridized carbons (Fsp3) is 0.192. The Morgan fingerprint density at radius 3 is 2.58 bits per heavy atom. The van der Waals surface area contributed by atoms with Gasteiger partial charge >= 0.3 is 0 Å². The molecule has 0 radical (unpaired) electrons. The number of rotatable bonds is 9. The van der Waals surface area contributed by atoms with Crippen molar-refractivity contribution in [3.05, 3.63) is 102 Å². The lowest BCUT2D eigenvalue weighted by atomic mass is 10.1. The van der Waals surface area contributed by atoms with Crippen molar-refractivity contribution in [1.82, 2.24) is 9.55 Å². The lowest BCUT2D eigenvalue weighted by Crippen LogP contribution is -2.16. The van der Waals surface area contributed by atoms with Crippen LogP contribution in [0.15, 0.2) is 85.5 Å². The van der Waals surface area contributed by atoms with Crippen LogP contribution in [0.1, 0.15) is 24.4 Å². The highest BCUT2D eigenvalue weighted by Gasteiger charge is 2.18. The summed E-state index contributed by atoms with van der Waals surface area (Å²) in [5.74, 6) is 2.50. The number of halogens is 1. The summed E-state index contributed by atoms with van der Waals surface area (Å²) >= 11 is 5.99. The third kappa shape index (κ3) is 4.92. The van der Waals surface area contributed by atoms with E-state index in [1.54, 1.807) is 0 Å². The minimum atomic E-state index is -0.235. The maximum Gasteiger partial charge on any atom is 0.153 e. The van der Waals surface area contributed by atoms with Gasteiger partial charge in [0.2, 0.25) is 0 Å². The molecule has 0 aliphatic rings. The highest BCUT2D eigenvalue weighted by atomic mass is 35.5. The molecular weight excluding hydrogens is 408 g/mol. The highest BCUT2D eigenvalue weighted by molar-refractivity contribution is 6.30. The molecule has 0 aliphatic heterocycles. The van der Waals surface area contributed by atoms with E-state index >= 15 is 0 Å². The molecule has 0 saturated heterocycles. The fourth-order valence-corrected chi connectivity index (χ4v) is 3.75. The van der Waals surface area contributed by atoms with E-state index in [0.717, 1.165) is 40.3 Å². The molecule has 4 rings (SSSR count). The van der Waals surface area contributed by atoms with E-state index in [9.17, 15) is 0 Å². The molecule has 1 unspecified atom stereocenters. The number of hydrogen-bond acceptors (Lipinski definition) is 3. The Hall–Kier alpha value is -3.24. The normalized spacial score (nSPS) is 11.9. The Morgan fingerprint density at radius 2 is 1.77 bits per heavy atom. The predicted molar refractivity (Wildman–Crippen MR) is 126 cm³/mol. The number of imidazole rings is 1. The Labute approximate surface area is 187 Å². The molecule has 31 heavy (non-hydrogen) atoms. The van der Waals surface area contributed by atoms with E-state index in [-0.39, 0.29) is 6.10 Å². The topological polar surface area (TPSA) is 36.3 Å². The maximum absolute atomic E-state index is 6.15. The van der Waals surface area contributed by atoms with E-state index < -0.39 is 0 Å². The second kappa shape index (κ2) is 9.71. The van der Waals surface area contributed by atoms with E-state index in [4.69, 9.17) is 26.1 Å². The monoisotopic (exact) mass is 432 g/mol. The van der Waals surface area contributed by atoms with Crippen LogP contribution in [0.2, 0.25) is 5.02 Å². The summed E-state index contributed by atoms with van der Waals surface area (Å²) in [5.41, 5.74) is 3.13. The molecule has 1 heterocycles. The van der Waals surface area contributed by atoms with Crippen LogP contribution in [0.5, 0.6) is 11.5 Å². The summed E-state index contributed by atoms with van der Waals surface area (Å²) in [6, 6.07) is 23.6. The Balaban J connectivity index is 1.55. The van der Waals surface area contributed by atoms with Crippen molar-refractivity contribution in [1.29, 1.82) is 0 Å². The average molecular weight is 433 g/mol. The van der Waals surface area contributed by atoms with Gasteiger partial charge in [0.25, 0.3) is 0 Å². The van der Waals surface area contributed by atoms with Crippen LogP contribution in [0.4, 0.5) is 0 Å². The molecule has 0 bridgehead atoms. The smallest absolute Gasteiger partial charge is 0.153 e. The standard InChI is InChI=1S/C26H25ClN2O2/c1-3-8-20-9-4-7-12-25(20)30-18-17-29-24-11-6-5-10-23(24)28-26(29)19(2)31-22-15-13-21(27)14-16-22/h3-7,9-16,19H,1,8,17-18H2,2H3. The van der Waals surface area contributed by atoms with Gasteiger partial charge in [-0.15, -0.1) is 6.58 Å². The quantitative estimate of drug-likeness (QED) is 0.278. The van der Waals surface area contributed by atoms with Gasteiger partial charge < -0.3 is 14.0 Å². The molecule has 0 spiro atoms. The van der Waals surface area contributed by atoms with Crippen molar-refractivity contribution in [3.63, 3.8) is 0 Å². The molecule has 0 aliphatic carbocycles. The second-order valence-electron chi connectivity index (χ2n) is 7.27. The zero-order valence-corrected chi connectivity index (χ0v) is 18.3. The van der Waals surface area contributed by atoms with Gasteiger partial charge in [0.05, 0.1) is 17.6 Å². The largest absolute Gasteiger partial charge is 0.491 e. The number of para-hydroxylation sites is 3. The number of fused-ring (bicyclic) bond motifs is 1. The molecule has 4 nitrogen and oxygen atoms in total. The van der Waals surface area contributed by atoms with Crippen LogP contribution in [0, 0.1) is 0 Å². The predicted octanol–water partition coefficient (Wildman–Crippen LogP) is 6.64. The van der Waals surface area contributed by atoms with Crippen LogP contribution < -0.4 is 9.47 Å². The summed E-state index contributed by atoms with van der Waals surface area (Å²) in [4.78, 5) is 4.84. The zero-order valence-electron chi connectivity index (χ0n) is 17.5. The van der Waals surface area contributed by atoms with Gasteiger partial charge in [0.15, 0.2) is 11.9 Å². The Bertz CT molecular complexity index is 1170. The summed E-state index contributed by atoms with van der Waals surface area (Å²) in [6.07, 6.45) is 2.43. The average Bonchev–Trinajstić information content (AvgIpc) is 3.16. The van der Waals surface area contributed by atoms with Gasteiger partial charge in [-0.1, -0.05) is 48.0 Å². The first-order valence-corrected chi connectivity index (χ1v) is 10.7. The molecule has 0 amide bonds. The first-order valence-electron chi connectivity index (χ1n) is 10.3. The van der Waals surface area contributed by atoms with Gasteiger partial charge in [-0.3, -0.25) is 0 Å². The molecule has 0 fully saturated rings. The second-order valence-corrected chi connectivity index (χ2v) is 7.71. The number of allylic oxidation sites excluding steroid dienone is 1. The number of hydrogen-bond donors (Lipinski definition) is 0. The molecule has 4 aromatic rings. The van der Waals surface area contributed by atoms with Crippen LogP contribution >= 0.6 is 11.6 Å². The van der Waals surface area contributed by atoms with E-state index in [1.165, 1.54) is 0 Å². The van der Waals surface area contributed by atoms with Crippen molar-refractivity contribution in [2.45, 2.75) is 26.0 Å². The highest BCUT2D eigenvalue weighted by Crippen LogP contribution is 2.26. The maximum atomic E-state index is 6.15. The molecule has 1 aromatic heterocycles. The van der Waals surface area contributed by atoms with E-state index in [2.05, 4.69) is 23.3 Å². The van der Waals surface area contributed by atoms with Crippen LogP contribution in [0.3, 0.4) is 0 Å². The van der Waals surface area contributed by atoms with Crippen LogP contribution in [-0.2, 0) is 13.0 Å². The molecule has 0 saturated carbocycles. The summed E-state index contributed by atoms with van der Waals surface area (Å²) in [5, 5.41) is 0.682. The first-order chi connectivity index (χ1) is 15.2. The molecular formula is C26H25ClN2O2. The van der Waals surface area contributed by atoms with Crippen molar-refractivity contribution < 1.29 is 9.47 Å². The number of aromatic nitrogens is 2. The summed E-state index contributed by atoms with van der Waals surface area (Å²) in [6.45, 7) is 7.02. The number of benzene rings is 3. The molecule has 1 atom stereocenters. The lowest BCUT2D eigenvalue weighted by molar-refractivity contribution is 0.207. The SMILES string of the molecule is C=CCc1ccccc1OCCn1c(C(C)Oc2ccc(Cl)cc2)nc2ccccc21. The van der Waals surface area contributed by atoms with Gasteiger partial charge in [-0.05, 0) is 61.4 Å². The van der Waals surface area contributed by atoms with Crippen molar-refractivity contribution in [2.75, 3.05) is 6.61 Å². The number of nitrogens with zero attached hydrogens (tertiary/aromatic N) is 2. The fourth-order valence-electron chi connectivity index (χ4n) is 3.63. The molecule has 158 valence electrons. The minimum absolute atomic E-state index is 0.235. The van der Waals surface area contributed by atoms with Gasteiger partial charge in [0.1, 0.15) is 18.1 Å². The summed E-state index contributed by atoms with van der Waals surface area (Å²) in [7, 11) is 0. The summed E-state index contributed by atoms with van der Waals surface area (Å²) < 4.78 is 14.4. The van der Waals surface area contributed by atoms with Crippen LogP contribution in [0.25, 0.3) is 11.0 Å². The van der Waals surface area contributed by atoms with Crippen molar-refractivity contribution in [2.24, 2.45) is 0 Å². The Morgan fingerprint density at radius 1 is 1.03 bits per heavy atom. The Kier molecular flexibility index (Phi) is 6.58. The van der Waals surface area contributed by atoms with E-state index in [0.29, 0.717) is 18.2 Å². The molecule has 5 heteroatoms.